The third-order valence-electron chi connectivity index (χ3n) is 2.73. The van der Waals surface area contributed by atoms with Gasteiger partial charge in [0, 0.05) is 5.69 Å². The Labute approximate surface area is 115 Å². The lowest BCUT2D eigenvalue weighted by atomic mass is 10.1. The van der Waals surface area contributed by atoms with Gasteiger partial charge in [0.05, 0.1) is 6.20 Å². The highest BCUT2D eigenvalue weighted by atomic mass is 16.4. The van der Waals surface area contributed by atoms with Crippen LogP contribution in [-0.2, 0) is 11.3 Å². The Morgan fingerprint density at radius 2 is 2.10 bits per heavy atom. The van der Waals surface area contributed by atoms with E-state index in [9.17, 15) is 9.59 Å². The minimum atomic E-state index is -1.17. The van der Waals surface area contributed by atoms with Crippen molar-refractivity contribution in [2.75, 3.05) is 5.32 Å². The standard InChI is InChI=1S/C13H14N4O3/c1-8-3-4-9(2)10(5-8)14-12(18)7-17-6-11(13(19)20)15-16-17/h3-6H,7H2,1-2H3,(H,14,18)(H,19,20). The zero-order valence-electron chi connectivity index (χ0n) is 11.1. The molecule has 2 aromatic rings. The molecule has 20 heavy (non-hydrogen) atoms. The van der Waals surface area contributed by atoms with E-state index in [0.29, 0.717) is 0 Å². The van der Waals surface area contributed by atoms with Gasteiger partial charge in [0.1, 0.15) is 6.54 Å². The third-order valence-corrected chi connectivity index (χ3v) is 2.73. The lowest BCUT2D eigenvalue weighted by Crippen LogP contribution is -2.19. The van der Waals surface area contributed by atoms with Gasteiger partial charge in [-0.15, -0.1) is 5.10 Å². The van der Waals surface area contributed by atoms with Crippen LogP contribution in [0, 0.1) is 13.8 Å². The minimum Gasteiger partial charge on any atom is -0.476 e. The first-order chi connectivity index (χ1) is 9.45. The van der Waals surface area contributed by atoms with Gasteiger partial charge in [0.2, 0.25) is 5.91 Å². The van der Waals surface area contributed by atoms with E-state index in [2.05, 4.69) is 15.6 Å². The van der Waals surface area contributed by atoms with Crippen LogP contribution in [0.4, 0.5) is 5.69 Å². The lowest BCUT2D eigenvalue weighted by molar-refractivity contribution is -0.116. The number of aromatic carboxylic acids is 1. The number of carboxylic acids is 1. The molecule has 0 aliphatic rings. The van der Waals surface area contributed by atoms with Crippen LogP contribution in [0.3, 0.4) is 0 Å². The van der Waals surface area contributed by atoms with Crippen LogP contribution in [0.5, 0.6) is 0 Å². The molecule has 0 saturated heterocycles. The number of nitrogens with one attached hydrogen (secondary N) is 1. The van der Waals surface area contributed by atoms with Gasteiger partial charge in [-0.05, 0) is 31.0 Å². The molecule has 1 heterocycles. The Kier molecular flexibility index (Phi) is 3.79. The predicted octanol–water partition coefficient (Wildman–Crippen LogP) is 1.23. The van der Waals surface area contributed by atoms with Crippen molar-refractivity contribution in [1.82, 2.24) is 15.0 Å². The number of aromatic nitrogens is 3. The molecule has 1 aromatic carbocycles. The molecule has 0 bridgehead atoms. The maximum atomic E-state index is 11.9. The fourth-order valence-electron chi connectivity index (χ4n) is 1.68. The largest absolute Gasteiger partial charge is 0.476 e. The molecule has 0 fully saturated rings. The maximum Gasteiger partial charge on any atom is 0.358 e. The number of rotatable bonds is 4. The van der Waals surface area contributed by atoms with Crippen LogP contribution < -0.4 is 5.32 Å². The van der Waals surface area contributed by atoms with Crippen molar-refractivity contribution in [1.29, 1.82) is 0 Å². The van der Waals surface area contributed by atoms with Gasteiger partial charge in [-0.1, -0.05) is 17.3 Å². The number of carbonyl (C=O) groups is 2. The number of hydrogen-bond donors (Lipinski definition) is 2. The summed E-state index contributed by atoms with van der Waals surface area (Å²) in [6.45, 7) is 3.74. The number of aryl methyl sites for hydroxylation is 2. The summed E-state index contributed by atoms with van der Waals surface area (Å²) in [7, 11) is 0. The zero-order chi connectivity index (χ0) is 14.7. The van der Waals surface area contributed by atoms with Gasteiger partial charge >= 0.3 is 5.97 Å². The lowest BCUT2D eigenvalue weighted by Gasteiger charge is -2.09. The highest BCUT2D eigenvalue weighted by Gasteiger charge is 2.11. The fraction of sp³-hybridized carbons (Fsp3) is 0.231. The molecule has 0 radical (unpaired) electrons. The van der Waals surface area contributed by atoms with Gasteiger partial charge in [-0.2, -0.15) is 0 Å². The first kappa shape index (κ1) is 13.7. The number of anilines is 1. The first-order valence-electron chi connectivity index (χ1n) is 5.96. The summed E-state index contributed by atoms with van der Waals surface area (Å²) >= 11 is 0. The highest BCUT2D eigenvalue weighted by Crippen LogP contribution is 2.16. The Balaban J connectivity index is 2.05. The number of benzene rings is 1. The van der Waals surface area contributed by atoms with Gasteiger partial charge in [0.25, 0.3) is 0 Å². The normalized spacial score (nSPS) is 10.3. The van der Waals surface area contributed by atoms with Crippen LogP contribution in [0.25, 0.3) is 0 Å². The van der Waals surface area contributed by atoms with E-state index < -0.39 is 5.97 Å². The number of amides is 1. The van der Waals surface area contributed by atoms with Crippen LogP contribution in [-0.4, -0.2) is 32.0 Å². The van der Waals surface area contributed by atoms with E-state index in [1.165, 1.54) is 10.9 Å². The molecule has 1 aromatic heterocycles. The average Bonchev–Trinajstić information content (AvgIpc) is 2.82. The second-order valence-electron chi connectivity index (χ2n) is 4.47. The van der Waals surface area contributed by atoms with Crippen LogP contribution in [0.2, 0.25) is 0 Å². The summed E-state index contributed by atoms with van der Waals surface area (Å²) in [5, 5.41) is 18.5. The molecule has 0 spiro atoms. The van der Waals surface area contributed by atoms with Crippen molar-refractivity contribution in [2.24, 2.45) is 0 Å². The fourth-order valence-corrected chi connectivity index (χ4v) is 1.68. The Hall–Kier alpha value is -2.70. The molecular weight excluding hydrogens is 260 g/mol. The van der Waals surface area contributed by atoms with Gasteiger partial charge in [0.15, 0.2) is 5.69 Å². The average molecular weight is 274 g/mol. The van der Waals surface area contributed by atoms with Crippen molar-refractivity contribution in [2.45, 2.75) is 20.4 Å². The van der Waals surface area contributed by atoms with Gasteiger partial charge in [-0.25, -0.2) is 9.48 Å². The summed E-state index contributed by atoms with van der Waals surface area (Å²) in [5.74, 6) is -1.47. The Morgan fingerprint density at radius 3 is 2.75 bits per heavy atom. The van der Waals surface area contributed by atoms with Crippen molar-refractivity contribution < 1.29 is 14.7 Å². The second-order valence-corrected chi connectivity index (χ2v) is 4.47. The van der Waals surface area contributed by atoms with Crippen LogP contribution in [0.1, 0.15) is 21.6 Å². The molecule has 0 saturated carbocycles. The Morgan fingerprint density at radius 1 is 1.35 bits per heavy atom. The molecule has 7 heteroatoms. The van der Waals surface area contributed by atoms with Crippen molar-refractivity contribution in [3.63, 3.8) is 0 Å². The number of hydrogen-bond acceptors (Lipinski definition) is 4. The van der Waals surface area contributed by atoms with Gasteiger partial charge in [-0.3, -0.25) is 4.79 Å². The predicted molar refractivity (Wildman–Crippen MR) is 71.5 cm³/mol. The maximum absolute atomic E-state index is 11.9. The topological polar surface area (TPSA) is 97.1 Å². The molecule has 2 N–H and O–H groups in total. The SMILES string of the molecule is Cc1ccc(C)c(NC(=O)Cn2cc(C(=O)O)nn2)c1. The number of carbonyl (C=O) groups excluding carboxylic acids is 1. The highest BCUT2D eigenvalue weighted by molar-refractivity contribution is 5.91. The number of carboxylic acid groups (broad SMARTS) is 1. The van der Waals surface area contributed by atoms with E-state index in [0.717, 1.165) is 16.8 Å². The quantitative estimate of drug-likeness (QED) is 0.874. The smallest absolute Gasteiger partial charge is 0.358 e. The Bertz CT molecular complexity index is 663. The molecule has 0 unspecified atom stereocenters. The zero-order valence-corrected chi connectivity index (χ0v) is 11.1. The molecule has 104 valence electrons. The van der Waals surface area contributed by atoms with E-state index >= 15 is 0 Å². The van der Waals surface area contributed by atoms with E-state index in [1.807, 2.05) is 32.0 Å². The monoisotopic (exact) mass is 274 g/mol. The van der Waals surface area contributed by atoms with E-state index in [4.69, 9.17) is 5.11 Å². The molecule has 0 atom stereocenters. The molecule has 7 nitrogen and oxygen atoms in total. The van der Waals surface area contributed by atoms with E-state index in [1.54, 1.807) is 0 Å². The molecule has 1 amide bonds. The third kappa shape index (κ3) is 3.19. The molecular formula is C13H14N4O3. The van der Waals surface area contributed by atoms with Crippen molar-refractivity contribution in [3.8, 4) is 0 Å². The van der Waals surface area contributed by atoms with E-state index in [-0.39, 0.29) is 18.1 Å². The van der Waals surface area contributed by atoms with Crippen molar-refractivity contribution in [3.05, 3.63) is 41.2 Å². The summed E-state index contributed by atoms with van der Waals surface area (Å²) < 4.78 is 1.18. The first-order valence-corrected chi connectivity index (χ1v) is 5.96. The molecule has 2 rings (SSSR count). The van der Waals surface area contributed by atoms with Crippen LogP contribution >= 0.6 is 0 Å². The number of nitrogens with zero attached hydrogens (tertiary/aromatic N) is 3. The summed E-state index contributed by atoms with van der Waals surface area (Å²) in [4.78, 5) is 22.5. The summed E-state index contributed by atoms with van der Waals surface area (Å²) in [6.07, 6.45) is 1.21. The second kappa shape index (κ2) is 5.52. The molecule has 0 aliphatic heterocycles. The van der Waals surface area contributed by atoms with Crippen molar-refractivity contribution >= 4 is 17.6 Å². The van der Waals surface area contributed by atoms with Gasteiger partial charge < -0.3 is 10.4 Å². The van der Waals surface area contributed by atoms with Crippen LogP contribution in [0.15, 0.2) is 24.4 Å². The molecule has 0 aliphatic carbocycles. The summed E-state index contributed by atoms with van der Waals surface area (Å²) in [6, 6.07) is 5.75. The minimum absolute atomic E-state index is 0.0896. The summed E-state index contributed by atoms with van der Waals surface area (Å²) in [5.41, 5.74) is 2.53.